The minimum atomic E-state index is -0.705. The van der Waals surface area contributed by atoms with Crippen LogP contribution in [0.3, 0.4) is 0 Å². The monoisotopic (exact) mass is 223 g/mol. The minimum Gasteiger partial charge on any atom is -0.480 e. The molecule has 0 aliphatic carbocycles. The van der Waals surface area contributed by atoms with Crippen molar-refractivity contribution < 1.29 is 9.90 Å². The Morgan fingerprint density at radius 2 is 2.44 bits per heavy atom. The van der Waals surface area contributed by atoms with Crippen LogP contribution in [-0.4, -0.2) is 38.3 Å². The molecule has 0 saturated carbocycles. The highest BCUT2D eigenvalue weighted by Gasteiger charge is 2.28. The molecule has 1 atom stereocenters. The van der Waals surface area contributed by atoms with E-state index in [4.69, 9.17) is 5.11 Å². The molecule has 16 heavy (non-hydrogen) atoms. The Labute approximate surface area is 94.7 Å². The molecule has 0 bridgehead atoms. The number of nitrogens with zero attached hydrogens (tertiary/aromatic N) is 3. The van der Waals surface area contributed by atoms with Crippen molar-refractivity contribution in [2.45, 2.75) is 31.8 Å². The van der Waals surface area contributed by atoms with Crippen molar-refractivity contribution in [1.29, 1.82) is 0 Å². The standard InChI is InChI=1S/C11H17N3O2/c1-13-7-9(6-12-13)8-14-5-3-2-4-10(14)11(15)16/h6-7,10H,2-5,8H2,1H3,(H,15,16). The Balaban J connectivity index is 2.03. The van der Waals surface area contributed by atoms with Gasteiger partial charge in [0.25, 0.3) is 0 Å². The molecule has 1 aliphatic rings. The van der Waals surface area contributed by atoms with Crippen LogP contribution >= 0.6 is 0 Å². The third-order valence-electron chi connectivity index (χ3n) is 3.04. The van der Waals surface area contributed by atoms with Crippen molar-refractivity contribution >= 4 is 5.97 Å². The van der Waals surface area contributed by atoms with Gasteiger partial charge in [-0.1, -0.05) is 6.42 Å². The lowest BCUT2D eigenvalue weighted by atomic mass is 10.0. The van der Waals surface area contributed by atoms with E-state index >= 15 is 0 Å². The van der Waals surface area contributed by atoms with Gasteiger partial charge in [0.2, 0.25) is 0 Å². The SMILES string of the molecule is Cn1cc(CN2CCCCC2C(=O)O)cn1. The average molecular weight is 223 g/mol. The summed E-state index contributed by atoms with van der Waals surface area (Å²) in [6, 6.07) is -0.325. The van der Waals surface area contributed by atoms with E-state index in [9.17, 15) is 4.79 Å². The van der Waals surface area contributed by atoms with Crippen molar-refractivity contribution in [3.8, 4) is 0 Å². The first kappa shape index (κ1) is 11.1. The summed E-state index contributed by atoms with van der Waals surface area (Å²) in [5, 5.41) is 13.2. The summed E-state index contributed by atoms with van der Waals surface area (Å²) in [6.45, 7) is 1.55. The predicted molar refractivity (Wildman–Crippen MR) is 58.9 cm³/mol. The third-order valence-corrected chi connectivity index (χ3v) is 3.04. The maximum Gasteiger partial charge on any atom is 0.320 e. The first-order chi connectivity index (χ1) is 7.66. The molecule has 5 nitrogen and oxygen atoms in total. The largest absolute Gasteiger partial charge is 0.480 e. The fraction of sp³-hybridized carbons (Fsp3) is 0.636. The Hall–Kier alpha value is -1.36. The molecule has 0 amide bonds. The molecule has 2 rings (SSSR count). The molecule has 1 aromatic heterocycles. The van der Waals surface area contributed by atoms with Gasteiger partial charge in [-0.25, -0.2) is 0 Å². The van der Waals surface area contributed by atoms with Gasteiger partial charge in [-0.05, 0) is 19.4 Å². The van der Waals surface area contributed by atoms with Crippen LogP contribution in [0.25, 0.3) is 0 Å². The molecule has 0 radical (unpaired) electrons. The number of likely N-dealkylation sites (tertiary alicyclic amines) is 1. The molecule has 1 saturated heterocycles. The third kappa shape index (κ3) is 2.41. The maximum atomic E-state index is 11.1. The lowest BCUT2D eigenvalue weighted by Crippen LogP contribution is -2.43. The van der Waals surface area contributed by atoms with Crippen molar-refractivity contribution in [2.75, 3.05) is 6.54 Å². The summed E-state index contributed by atoms with van der Waals surface area (Å²) >= 11 is 0. The number of piperidine rings is 1. The molecular formula is C11H17N3O2. The van der Waals surface area contributed by atoms with Crippen molar-refractivity contribution in [3.05, 3.63) is 18.0 Å². The molecule has 0 aromatic carbocycles. The number of hydrogen-bond acceptors (Lipinski definition) is 3. The Morgan fingerprint density at radius 3 is 3.06 bits per heavy atom. The molecule has 1 aromatic rings. The molecular weight excluding hydrogens is 206 g/mol. The second-order valence-electron chi connectivity index (χ2n) is 4.34. The van der Waals surface area contributed by atoms with Gasteiger partial charge in [-0.3, -0.25) is 14.4 Å². The minimum absolute atomic E-state index is 0.325. The van der Waals surface area contributed by atoms with Gasteiger partial charge in [-0.15, -0.1) is 0 Å². The van der Waals surface area contributed by atoms with E-state index in [2.05, 4.69) is 5.10 Å². The number of hydrogen-bond donors (Lipinski definition) is 1. The number of carboxylic acids is 1. The number of carboxylic acid groups (broad SMARTS) is 1. The maximum absolute atomic E-state index is 11.1. The van der Waals surface area contributed by atoms with E-state index in [0.29, 0.717) is 6.54 Å². The van der Waals surface area contributed by atoms with E-state index in [1.54, 1.807) is 10.9 Å². The van der Waals surface area contributed by atoms with Crippen molar-refractivity contribution in [2.24, 2.45) is 7.05 Å². The van der Waals surface area contributed by atoms with Gasteiger partial charge in [0.15, 0.2) is 0 Å². The van der Waals surface area contributed by atoms with Crippen LogP contribution in [0, 0.1) is 0 Å². The number of aromatic nitrogens is 2. The number of aryl methyl sites for hydroxylation is 1. The summed E-state index contributed by atoms with van der Waals surface area (Å²) < 4.78 is 1.75. The highest BCUT2D eigenvalue weighted by molar-refractivity contribution is 5.73. The number of rotatable bonds is 3. The van der Waals surface area contributed by atoms with Crippen LogP contribution in [0.1, 0.15) is 24.8 Å². The summed E-state index contributed by atoms with van der Waals surface area (Å²) in [5.41, 5.74) is 1.08. The van der Waals surface area contributed by atoms with Crippen molar-refractivity contribution in [1.82, 2.24) is 14.7 Å². The first-order valence-corrected chi connectivity index (χ1v) is 5.61. The second-order valence-corrected chi connectivity index (χ2v) is 4.34. The van der Waals surface area contributed by atoms with Gasteiger partial charge in [0.1, 0.15) is 6.04 Å². The van der Waals surface area contributed by atoms with E-state index in [1.807, 2.05) is 18.1 Å². The van der Waals surface area contributed by atoms with Crippen molar-refractivity contribution in [3.63, 3.8) is 0 Å². The fourth-order valence-corrected chi connectivity index (χ4v) is 2.25. The van der Waals surface area contributed by atoms with Crippen LogP contribution in [0.5, 0.6) is 0 Å². The average Bonchev–Trinajstić information content (AvgIpc) is 2.64. The number of carbonyl (C=O) groups is 1. The zero-order valence-corrected chi connectivity index (χ0v) is 9.46. The van der Waals surface area contributed by atoms with E-state index < -0.39 is 5.97 Å². The van der Waals surface area contributed by atoms with E-state index in [0.717, 1.165) is 31.4 Å². The smallest absolute Gasteiger partial charge is 0.320 e. The first-order valence-electron chi connectivity index (χ1n) is 5.61. The van der Waals surface area contributed by atoms with Crippen LogP contribution in [0.2, 0.25) is 0 Å². The molecule has 0 spiro atoms. The molecule has 2 heterocycles. The van der Waals surface area contributed by atoms with Gasteiger partial charge in [-0.2, -0.15) is 5.10 Å². The zero-order valence-electron chi connectivity index (χ0n) is 9.46. The van der Waals surface area contributed by atoms with Gasteiger partial charge >= 0.3 is 5.97 Å². The summed E-state index contributed by atoms with van der Waals surface area (Å²) in [7, 11) is 1.87. The number of aliphatic carboxylic acids is 1. The molecule has 5 heteroatoms. The predicted octanol–water partition coefficient (Wildman–Crippen LogP) is 0.859. The molecule has 1 fully saturated rings. The van der Waals surface area contributed by atoms with Crippen LogP contribution < -0.4 is 0 Å². The van der Waals surface area contributed by atoms with Gasteiger partial charge in [0.05, 0.1) is 6.20 Å². The molecule has 1 unspecified atom stereocenters. The lowest BCUT2D eigenvalue weighted by molar-refractivity contribution is -0.144. The zero-order chi connectivity index (χ0) is 11.5. The topological polar surface area (TPSA) is 58.4 Å². The van der Waals surface area contributed by atoms with E-state index in [1.165, 1.54) is 0 Å². The van der Waals surface area contributed by atoms with Crippen LogP contribution in [-0.2, 0) is 18.4 Å². The normalized spacial score (nSPS) is 22.2. The quantitative estimate of drug-likeness (QED) is 0.825. The molecule has 88 valence electrons. The highest BCUT2D eigenvalue weighted by atomic mass is 16.4. The fourth-order valence-electron chi connectivity index (χ4n) is 2.25. The van der Waals surface area contributed by atoms with Gasteiger partial charge < -0.3 is 5.11 Å². The molecule has 1 aliphatic heterocycles. The Morgan fingerprint density at radius 1 is 1.62 bits per heavy atom. The lowest BCUT2D eigenvalue weighted by Gasteiger charge is -2.32. The highest BCUT2D eigenvalue weighted by Crippen LogP contribution is 2.19. The van der Waals surface area contributed by atoms with Gasteiger partial charge in [0, 0.05) is 25.4 Å². The summed E-state index contributed by atoms with van der Waals surface area (Å²) in [6.07, 6.45) is 6.60. The van der Waals surface area contributed by atoms with Crippen LogP contribution in [0.15, 0.2) is 12.4 Å². The van der Waals surface area contributed by atoms with Crippen LogP contribution in [0.4, 0.5) is 0 Å². The summed E-state index contributed by atoms with van der Waals surface area (Å²) in [4.78, 5) is 13.1. The second kappa shape index (κ2) is 4.65. The van der Waals surface area contributed by atoms with E-state index in [-0.39, 0.29) is 6.04 Å². The summed E-state index contributed by atoms with van der Waals surface area (Å²) in [5.74, 6) is -0.705. The Bertz CT molecular complexity index is 375. The molecule has 1 N–H and O–H groups in total. The Kier molecular flexibility index (Phi) is 3.24.